The molecule has 0 bridgehead atoms. The number of rotatable bonds is 9. The van der Waals surface area contributed by atoms with E-state index >= 15 is 4.39 Å². The summed E-state index contributed by atoms with van der Waals surface area (Å²) < 4.78 is 17.0. The second-order valence-electron chi connectivity index (χ2n) is 10.6. The van der Waals surface area contributed by atoms with Gasteiger partial charge in [0.05, 0.1) is 11.6 Å². The van der Waals surface area contributed by atoms with Crippen molar-refractivity contribution in [2.24, 2.45) is 17.4 Å². The molecular formula is C30H34FN5O3. The molecule has 4 unspecified atom stereocenters. The van der Waals surface area contributed by atoms with Gasteiger partial charge >= 0.3 is 6.03 Å². The van der Waals surface area contributed by atoms with Gasteiger partial charge in [0, 0.05) is 29.9 Å². The van der Waals surface area contributed by atoms with Gasteiger partial charge < -0.3 is 26.8 Å². The summed E-state index contributed by atoms with van der Waals surface area (Å²) in [5, 5.41) is 15.5. The van der Waals surface area contributed by atoms with Crippen LogP contribution in [0.2, 0.25) is 0 Å². The molecule has 39 heavy (non-hydrogen) atoms. The molecule has 2 heterocycles. The first-order valence-electron chi connectivity index (χ1n) is 13.3. The zero-order chi connectivity index (χ0) is 27.8. The summed E-state index contributed by atoms with van der Waals surface area (Å²) in [7, 11) is 1.80. The normalized spacial score (nSPS) is 24.3. The Balaban J connectivity index is 1.71. The highest BCUT2D eigenvalue weighted by atomic mass is 19.1. The second kappa shape index (κ2) is 10.4. The molecule has 1 aliphatic heterocycles. The van der Waals surface area contributed by atoms with E-state index in [1.165, 1.54) is 6.07 Å². The van der Waals surface area contributed by atoms with Gasteiger partial charge in [-0.25, -0.2) is 9.18 Å². The predicted octanol–water partition coefficient (Wildman–Crippen LogP) is 3.44. The molecule has 2 aliphatic rings. The van der Waals surface area contributed by atoms with Gasteiger partial charge in [0.2, 0.25) is 5.91 Å². The van der Waals surface area contributed by atoms with Crippen molar-refractivity contribution >= 4 is 11.9 Å². The van der Waals surface area contributed by atoms with Gasteiger partial charge in [-0.1, -0.05) is 61.4 Å². The van der Waals surface area contributed by atoms with E-state index in [0.717, 1.165) is 29.7 Å². The molecule has 1 aliphatic carbocycles. The number of carbonyl (C=O) groups excluding carboxylic acids is 2. The zero-order valence-corrected chi connectivity index (χ0v) is 21.9. The van der Waals surface area contributed by atoms with Crippen LogP contribution in [-0.2, 0) is 15.9 Å². The minimum absolute atomic E-state index is 0.0570. The minimum atomic E-state index is -1.82. The van der Waals surface area contributed by atoms with Crippen LogP contribution in [0.4, 0.5) is 9.18 Å². The average molecular weight is 532 g/mol. The number of carbonyl (C=O) groups is 2. The van der Waals surface area contributed by atoms with E-state index in [9.17, 15) is 14.7 Å². The van der Waals surface area contributed by atoms with Crippen LogP contribution in [0.3, 0.4) is 0 Å². The van der Waals surface area contributed by atoms with Crippen molar-refractivity contribution in [1.82, 2.24) is 15.2 Å². The number of hydrogen-bond donors (Lipinski definition) is 4. The van der Waals surface area contributed by atoms with Gasteiger partial charge in [0.1, 0.15) is 17.5 Å². The number of urea groups is 1. The largest absolute Gasteiger partial charge is 0.383 e. The molecule has 1 saturated heterocycles. The number of nitrogens with zero attached hydrogens (tertiary/aromatic N) is 2. The van der Waals surface area contributed by atoms with E-state index in [-0.39, 0.29) is 12.0 Å². The molecule has 4 atom stereocenters. The lowest BCUT2D eigenvalue weighted by Crippen LogP contribution is -2.48. The number of nitrogens with one attached hydrogen (secondary N) is 1. The molecular weight excluding hydrogens is 497 g/mol. The fourth-order valence-electron chi connectivity index (χ4n) is 6.24. The number of amides is 3. The standard InChI is InChI=1S/C30H34FN5O3/c1-34-29(15-12-19-10-11-19,20-13-16-35-17-14-20)23-9-5-8-22(25(23)31)26-30(39,21-6-3-2-4-7-21)18-24(27(32)37)36(26)28(33)38/h2-9,13-14,16-17,19,24,26,34,39H,10-12,15,18H2,1H3,(H2,32,37)(H2,33,38). The minimum Gasteiger partial charge on any atom is -0.383 e. The van der Waals surface area contributed by atoms with Crippen LogP contribution in [-0.4, -0.2) is 40.0 Å². The van der Waals surface area contributed by atoms with E-state index in [1.807, 2.05) is 12.1 Å². The first-order chi connectivity index (χ1) is 18.7. The number of benzene rings is 2. The Morgan fingerprint density at radius 1 is 1.10 bits per heavy atom. The number of hydrogen-bond acceptors (Lipinski definition) is 5. The molecule has 1 aromatic heterocycles. The molecule has 9 heteroatoms. The molecule has 204 valence electrons. The summed E-state index contributed by atoms with van der Waals surface area (Å²) in [6.07, 6.45) is 7.00. The summed E-state index contributed by atoms with van der Waals surface area (Å²) in [6.45, 7) is 0. The number of likely N-dealkylation sites (tertiary alicyclic amines) is 1. The van der Waals surface area contributed by atoms with Crippen molar-refractivity contribution in [3.8, 4) is 0 Å². The lowest BCUT2D eigenvalue weighted by atomic mass is 9.76. The Labute approximate surface area is 227 Å². The Morgan fingerprint density at radius 2 is 1.79 bits per heavy atom. The van der Waals surface area contributed by atoms with Crippen molar-refractivity contribution in [2.45, 2.75) is 55.3 Å². The van der Waals surface area contributed by atoms with Gasteiger partial charge in [-0.05, 0) is 49.1 Å². The quantitative estimate of drug-likeness (QED) is 0.336. The maximum absolute atomic E-state index is 17.0. The third kappa shape index (κ3) is 4.66. The number of aliphatic hydroxyl groups is 1. The maximum atomic E-state index is 17.0. The number of pyridine rings is 1. The van der Waals surface area contributed by atoms with Crippen molar-refractivity contribution in [3.63, 3.8) is 0 Å². The molecule has 3 aromatic rings. The second-order valence-corrected chi connectivity index (χ2v) is 10.6. The van der Waals surface area contributed by atoms with Crippen molar-refractivity contribution in [3.05, 3.63) is 101 Å². The van der Waals surface area contributed by atoms with Gasteiger partial charge in [-0.2, -0.15) is 0 Å². The summed E-state index contributed by atoms with van der Waals surface area (Å²) in [5.41, 5.74) is 10.4. The first kappa shape index (κ1) is 26.8. The number of primary amides is 2. The molecule has 6 N–H and O–H groups in total. The van der Waals surface area contributed by atoms with Crippen LogP contribution < -0.4 is 16.8 Å². The van der Waals surface area contributed by atoms with Gasteiger partial charge in [-0.15, -0.1) is 0 Å². The van der Waals surface area contributed by atoms with Crippen molar-refractivity contribution in [1.29, 1.82) is 0 Å². The molecule has 2 aromatic carbocycles. The van der Waals surface area contributed by atoms with Crippen LogP contribution in [0.1, 0.15) is 60.4 Å². The van der Waals surface area contributed by atoms with Gasteiger partial charge in [0.15, 0.2) is 0 Å². The van der Waals surface area contributed by atoms with Crippen molar-refractivity contribution in [2.75, 3.05) is 7.05 Å². The molecule has 0 radical (unpaired) electrons. The monoisotopic (exact) mass is 531 g/mol. The average Bonchev–Trinajstić information content (AvgIpc) is 3.72. The van der Waals surface area contributed by atoms with E-state index in [1.54, 1.807) is 61.9 Å². The van der Waals surface area contributed by atoms with Crippen LogP contribution in [0.15, 0.2) is 73.1 Å². The lowest BCUT2D eigenvalue weighted by Gasteiger charge is -2.38. The third-order valence-corrected chi connectivity index (χ3v) is 8.43. The zero-order valence-electron chi connectivity index (χ0n) is 21.9. The lowest BCUT2D eigenvalue weighted by molar-refractivity contribution is -0.121. The highest BCUT2D eigenvalue weighted by Crippen LogP contribution is 2.52. The topological polar surface area (TPSA) is 135 Å². The molecule has 1 saturated carbocycles. The molecule has 2 fully saturated rings. The van der Waals surface area contributed by atoms with Crippen molar-refractivity contribution < 1.29 is 19.1 Å². The fraction of sp³-hybridized carbons (Fsp3) is 0.367. The SMILES string of the molecule is CNC(CCC1CC1)(c1ccncc1)c1cccc(C2N(C(N)=O)C(C(N)=O)CC2(O)c2ccccc2)c1F. The highest BCUT2D eigenvalue weighted by Gasteiger charge is 2.57. The predicted molar refractivity (Wildman–Crippen MR) is 145 cm³/mol. The van der Waals surface area contributed by atoms with Crippen LogP contribution in [0.25, 0.3) is 0 Å². The Bertz CT molecular complexity index is 1350. The highest BCUT2D eigenvalue weighted by molar-refractivity contribution is 5.87. The van der Waals surface area contributed by atoms with Gasteiger partial charge in [0.25, 0.3) is 0 Å². The smallest absolute Gasteiger partial charge is 0.316 e. The Morgan fingerprint density at radius 3 is 2.38 bits per heavy atom. The molecule has 0 spiro atoms. The summed E-state index contributed by atoms with van der Waals surface area (Å²) >= 11 is 0. The first-order valence-corrected chi connectivity index (χ1v) is 13.3. The number of halogens is 1. The van der Waals surface area contributed by atoms with Crippen LogP contribution >= 0.6 is 0 Å². The van der Waals surface area contributed by atoms with Crippen LogP contribution in [0.5, 0.6) is 0 Å². The van der Waals surface area contributed by atoms with E-state index in [4.69, 9.17) is 11.5 Å². The maximum Gasteiger partial charge on any atom is 0.316 e. The number of nitrogens with two attached hydrogens (primary N) is 2. The van der Waals surface area contributed by atoms with E-state index < -0.39 is 41.0 Å². The molecule has 5 rings (SSSR count). The van der Waals surface area contributed by atoms with E-state index in [0.29, 0.717) is 23.5 Å². The Kier molecular flexibility index (Phi) is 7.13. The van der Waals surface area contributed by atoms with Gasteiger partial charge in [-0.3, -0.25) is 9.78 Å². The number of aromatic nitrogens is 1. The summed E-state index contributed by atoms with van der Waals surface area (Å²) in [6, 6.07) is 13.8. The Hall–Kier alpha value is -3.82. The molecule has 3 amide bonds. The fourth-order valence-corrected chi connectivity index (χ4v) is 6.24. The van der Waals surface area contributed by atoms with E-state index in [2.05, 4.69) is 10.3 Å². The summed E-state index contributed by atoms with van der Waals surface area (Å²) in [5.74, 6) is -0.811. The molecule has 8 nitrogen and oxygen atoms in total. The van der Waals surface area contributed by atoms with Crippen LogP contribution in [0, 0.1) is 11.7 Å². The third-order valence-electron chi connectivity index (χ3n) is 8.43. The summed E-state index contributed by atoms with van der Waals surface area (Å²) in [4.78, 5) is 30.4.